The maximum Gasteiger partial charge on any atom is 0.328 e. The molecule has 6 rings (SSSR count). The van der Waals surface area contributed by atoms with Gasteiger partial charge in [-0.3, -0.25) is 23.4 Å². The molecule has 0 spiro atoms. The minimum atomic E-state index is -3.98. The van der Waals surface area contributed by atoms with Crippen molar-refractivity contribution in [1.82, 2.24) is 19.4 Å². The van der Waals surface area contributed by atoms with Crippen LogP contribution in [0.4, 0.5) is 11.4 Å². The van der Waals surface area contributed by atoms with E-state index in [4.69, 9.17) is 33.2 Å². The molecule has 20 heteroatoms. The number of carbonyl (C=O) groups is 2. The molecule has 6 aromatic rings. The number of aryl methyl sites for hydroxylation is 3. The average molecular weight is 942 g/mol. The van der Waals surface area contributed by atoms with E-state index >= 15 is 0 Å². The number of aromatic amines is 1. The fourth-order valence-electron chi connectivity index (χ4n) is 7.02. The monoisotopic (exact) mass is 941 g/mol. The highest BCUT2D eigenvalue weighted by Crippen LogP contribution is 2.33. The molecule has 4 aromatic carbocycles. The second-order valence-corrected chi connectivity index (χ2v) is 17.1. The molecule has 0 radical (unpaired) electrons. The number of aromatic nitrogens is 3. The van der Waals surface area contributed by atoms with Crippen molar-refractivity contribution >= 4 is 55.1 Å². The van der Waals surface area contributed by atoms with Crippen molar-refractivity contribution in [3.8, 4) is 23.3 Å². The molecule has 0 aliphatic carbocycles. The first-order valence-electron chi connectivity index (χ1n) is 21.4. The number of benzene rings is 4. The van der Waals surface area contributed by atoms with Crippen molar-refractivity contribution < 1.29 is 51.2 Å². The van der Waals surface area contributed by atoms with E-state index in [1.54, 1.807) is 56.6 Å². The quantitative estimate of drug-likeness (QED) is 0.0537. The topological polar surface area (TPSA) is 235 Å². The molecule has 2 heterocycles. The van der Waals surface area contributed by atoms with Gasteiger partial charge in [0, 0.05) is 49.9 Å². The van der Waals surface area contributed by atoms with Gasteiger partial charge < -0.3 is 48.8 Å². The van der Waals surface area contributed by atoms with Crippen molar-refractivity contribution in [3.63, 3.8) is 0 Å². The first kappa shape index (κ1) is 49.5. The number of carbonyl (C=O) groups excluding carboxylic acids is 2. The molecule has 0 atom stereocenters. The number of sulfonamides is 1. The molecule has 356 valence electrons. The largest absolute Gasteiger partial charge is 0.496 e. The lowest BCUT2D eigenvalue weighted by molar-refractivity contribution is -0.00422. The summed E-state index contributed by atoms with van der Waals surface area (Å²) in [6.45, 7) is 8.75. The number of imidazole rings is 1. The Labute approximate surface area is 387 Å². The number of anilines is 2. The van der Waals surface area contributed by atoms with Crippen LogP contribution in [0.25, 0.3) is 21.9 Å². The smallest absolute Gasteiger partial charge is 0.328 e. The molecule has 0 bridgehead atoms. The van der Waals surface area contributed by atoms with E-state index in [0.29, 0.717) is 102 Å². The van der Waals surface area contributed by atoms with Gasteiger partial charge in [-0.1, -0.05) is 6.07 Å². The summed E-state index contributed by atoms with van der Waals surface area (Å²) >= 11 is 0. The number of hydrogen-bond donors (Lipinski definition) is 4. The van der Waals surface area contributed by atoms with Crippen LogP contribution in [0.1, 0.15) is 45.7 Å². The zero-order valence-corrected chi connectivity index (χ0v) is 39.0. The molecule has 0 saturated heterocycles. The Balaban J connectivity index is 0.797. The summed E-state index contributed by atoms with van der Waals surface area (Å²) in [5, 5.41) is 15.7. The van der Waals surface area contributed by atoms with E-state index in [9.17, 15) is 28.1 Å². The van der Waals surface area contributed by atoms with Gasteiger partial charge in [0.1, 0.15) is 29.9 Å². The van der Waals surface area contributed by atoms with Crippen LogP contribution in [-0.2, 0) is 43.1 Å². The van der Waals surface area contributed by atoms with Crippen LogP contribution in [0.15, 0.2) is 82.6 Å². The number of nitriles is 1. The predicted molar refractivity (Wildman–Crippen MR) is 251 cm³/mol. The van der Waals surface area contributed by atoms with Crippen LogP contribution in [0.3, 0.4) is 0 Å². The van der Waals surface area contributed by atoms with Crippen LogP contribution < -0.4 is 35.3 Å². The van der Waals surface area contributed by atoms with E-state index in [2.05, 4.69) is 26.4 Å². The highest BCUT2D eigenvalue weighted by Gasteiger charge is 2.21. The summed E-state index contributed by atoms with van der Waals surface area (Å²) in [5.74, 6) is 0.433. The first-order chi connectivity index (χ1) is 32.2. The third kappa shape index (κ3) is 12.5. The van der Waals surface area contributed by atoms with Gasteiger partial charge in [-0.2, -0.15) is 5.26 Å². The van der Waals surface area contributed by atoms with Crippen molar-refractivity contribution in [2.75, 3.05) is 83.2 Å². The van der Waals surface area contributed by atoms with E-state index < -0.39 is 15.9 Å². The molecule has 2 aromatic heterocycles. The molecule has 0 saturated carbocycles. The van der Waals surface area contributed by atoms with Crippen LogP contribution >= 0.6 is 0 Å². The van der Waals surface area contributed by atoms with Crippen molar-refractivity contribution in [1.29, 1.82) is 5.26 Å². The minimum absolute atomic E-state index is 0.0233. The zero-order valence-electron chi connectivity index (χ0n) is 38.2. The highest BCUT2D eigenvalue weighted by atomic mass is 32.2. The number of H-pyrrole nitrogens is 1. The van der Waals surface area contributed by atoms with Gasteiger partial charge in [0.25, 0.3) is 21.8 Å². The van der Waals surface area contributed by atoms with Crippen LogP contribution in [0, 0.1) is 18.3 Å². The van der Waals surface area contributed by atoms with Crippen molar-refractivity contribution in [2.45, 2.75) is 31.8 Å². The molecular formula is C47H55N7O12S. The Morgan fingerprint density at radius 3 is 2.03 bits per heavy atom. The van der Waals surface area contributed by atoms with Crippen molar-refractivity contribution in [3.05, 3.63) is 106 Å². The van der Waals surface area contributed by atoms with Gasteiger partial charge in [-0.15, -0.1) is 0 Å². The van der Waals surface area contributed by atoms with Gasteiger partial charge in [-0.05, 0) is 74.9 Å². The number of nitrogens with one attached hydrogen (secondary N) is 4. The van der Waals surface area contributed by atoms with Gasteiger partial charge in [-0.25, -0.2) is 13.2 Å². The van der Waals surface area contributed by atoms with Crippen LogP contribution in [0.5, 0.6) is 17.2 Å². The van der Waals surface area contributed by atoms with Crippen LogP contribution in [0.2, 0.25) is 0 Å². The zero-order chi connectivity index (χ0) is 48.1. The fourth-order valence-corrected chi connectivity index (χ4v) is 8.09. The second-order valence-electron chi connectivity index (χ2n) is 15.4. The van der Waals surface area contributed by atoms with Gasteiger partial charge in [0.2, 0.25) is 0 Å². The van der Waals surface area contributed by atoms with E-state index in [-0.39, 0.29) is 53.5 Å². The Hall–Kier alpha value is -6.89. The maximum atomic E-state index is 13.5. The molecule has 67 heavy (non-hydrogen) atoms. The number of methoxy groups -OCH3 is 1. The lowest BCUT2D eigenvalue weighted by Gasteiger charge is -2.17. The number of hydrogen-bond acceptors (Lipinski definition) is 13. The molecule has 2 amide bonds. The summed E-state index contributed by atoms with van der Waals surface area (Å²) in [7, 11) is 0.838. The Kier molecular flexibility index (Phi) is 17.0. The number of rotatable bonds is 25. The van der Waals surface area contributed by atoms with Crippen LogP contribution in [-0.4, -0.2) is 114 Å². The average Bonchev–Trinajstić information content (AvgIpc) is 3.85. The molecule has 0 unspecified atom stereocenters. The lowest BCUT2D eigenvalue weighted by Crippen LogP contribution is -2.27. The summed E-state index contributed by atoms with van der Waals surface area (Å²) in [6.07, 6.45) is 1.36. The normalized spacial score (nSPS) is 11.5. The highest BCUT2D eigenvalue weighted by molar-refractivity contribution is 7.92. The lowest BCUT2D eigenvalue weighted by atomic mass is 10.1. The molecule has 0 aliphatic heterocycles. The predicted octanol–water partition coefficient (Wildman–Crippen LogP) is 5.26. The molecule has 0 aliphatic rings. The maximum absolute atomic E-state index is 13.5. The number of nitrogens with zero attached hydrogens (tertiary/aromatic N) is 3. The molecule has 0 fully saturated rings. The van der Waals surface area contributed by atoms with Gasteiger partial charge in [0.05, 0.1) is 110 Å². The number of fused-ring (bicyclic) bond motifs is 2. The summed E-state index contributed by atoms with van der Waals surface area (Å²) in [4.78, 5) is 41.6. The van der Waals surface area contributed by atoms with E-state index in [1.165, 1.54) is 46.7 Å². The van der Waals surface area contributed by atoms with E-state index in [1.807, 2.05) is 20.8 Å². The molecular weight excluding hydrogens is 887 g/mol. The summed E-state index contributed by atoms with van der Waals surface area (Å²) in [5.41, 5.74) is 4.19. The summed E-state index contributed by atoms with van der Waals surface area (Å²) in [6, 6.07) is 19.4. The molecule has 4 N–H and O–H groups in total. The van der Waals surface area contributed by atoms with Gasteiger partial charge >= 0.3 is 5.69 Å². The third-order valence-electron chi connectivity index (χ3n) is 10.4. The fraction of sp³-hybridized carbons (Fsp3) is 0.362. The SMILES string of the molecule is COc1cc(OCCOCCOCCOCCOCCNC(=O)c2ccc(S(=O)(=O)Nc3ccc(C)c4c(C#N)c[nH]c34)cc2)ccc1C(=O)Nc1cc2c(cc1OC(C)C)n(C)c(=O)n2C. The molecule has 19 nitrogen and oxygen atoms in total. The Morgan fingerprint density at radius 2 is 1.40 bits per heavy atom. The third-order valence-corrected chi connectivity index (χ3v) is 11.8. The minimum Gasteiger partial charge on any atom is -0.496 e. The summed E-state index contributed by atoms with van der Waals surface area (Å²) < 4.78 is 71.4. The second kappa shape index (κ2) is 23.0. The standard InChI is InChI=1S/C47H55N7O12S/c1-30(2)66-42-27-40-39(53(4)47(57)54(40)5)26-38(42)51-46(56)36-13-10-34(25-41(36)60-6)65-24-23-64-22-21-63-20-19-62-18-17-61-16-15-49-45(55)32-8-11-35(12-9-32)67(58,59)52-37-14-7-31(3)43-33(28-48)29-50-44(37)43/h7-14,25-27,29-30,50,52H,15-24H2,1-6H3,(H,49,55)(H,51,56). The Morgan fingerprint density at radius 1 is 0.776 bits per heavy atom. The first-order valence-corrected chi connectivity index (χ1v) is 22.9. The van der Waals surface area contributed by atoms with Gasteiger partial charge in [0.15, 0.2) is 0 Å². The number of amides is 2. The Bertz CT molecular complexity index is 2900. The number of ether oxygens (including phenoxy) is 7. The van der Waals surface area contributed by atoms with Crippen molar-refractivity contribution in [2.24, 2.45) is 14.1 Å². The van der Waals surface area contributed by atoms with E-state index in [0.717, 1.165) is 5.56 Å².